The maximum atomic E-state index is 13.9. The molecular weight excluding hydrogens is 298 g/mol. The summed E-state index contributed by atoms with van der Waals surface area (Å²) in [5, 5.41) is 18.4. The van der Waals surface area contributed by atoms with Crippen LogP contribution in [-0.4, -0.2) is 29.1 Å². The third-order valence-corrected chi connectivity index (χ3v) is 2.96. The summed E-state index contributed by atoms with van der Waals surface area (Å²) in [4.78, 5) is 22.9. The number of carboxylic acid groups (broad SMARTS) is 1. The number of ketones is 1. The number of aromatic carboxylic acids is 1. The van der Waals surface area contributed by atoms with Crippen molar-refractivity contribution in [3.63, 3.8) is 0 Å². The molecule has 0 unspecified atom stereocenters. The molecule has 7 heteroatoms. The summed E-state index contributed by atoms with van der Waals surface area (Å²) in [6, 6.07) is 4.72. The van der Waals surface area contributed by atoms with Crippen molar-refractivity contribution in [2.24, 2.45) is 0 Å². The number of carboxylic acids is 1. The number of aromatic hydroxyl groups is 1. The lowest BCUT2D eigenvalue weighted by Crippen LogP contribution is -2.10. The Hall–Kier alpha value is -2.96. The van der Waals surface area contributed by atoms with E-state index in [0.29, 0.717) is 12.1 Å². The largest absolute Gasteiger partial charge is 0.507 e. The zero-order chi connectivity index (χ0) is 16.4. The average Bonchev–Trinajstić information content (AvgIpc) is 2.46. The molecule has 5 nitrogen and oxygen atoms in total. The molecule has 2 aromatic carbocycles. The van der Waals surface area contributed by atoms with Gasteiger partial charge < -0.3 is 14.9 Å². The van der Waals surface area contributed by atoms with E-state index in [-0.39, 0.29) is 11.3 Å². The third kappa shape index (κ3) is 2.73. The van der Waals surface area contributed by atoms with E-state index in [9.17, 15) is 23.5 Å². The molecule has 0 fully saturated rings. The first kappa shape index (κ1) is 15.4. The van der Waals surface area contributed by atoms with Crippen molar-refractivity contribution in [1.29, 1.82) is 0 Å². The molecule has 114 valence electrons. The lowest BCUT2D eigenvalue weighted by Gasteiger charge is -2.09. The maximum Gasteiger partial charge on any atom is 0.335 e. The number of benzene rings is 2. The molecule has 2 N–H and O–H groups in total. The van der Waals surface area contributed by atoms with Gasteiger partial charge in [-0.15, -0.1) is 0 Å². The van der Waals surface area contributed by atoms with E-state index in [1.165, 1.54) is 13.2 Å². The molecule has 2 aromatic rings. The van der Waals surface area contributed by atoms with Crippen molar-refractivity contribution < 1.29 is 33.3 Å². The molecule has 0 aliphatic rings. The quantitative estimate of drug-likeness (QED) is 0.848. The number of phenols is 1. The summed E-state index contributed by atoms with van der Waals surface area (Å²) in [5.74, 6) is -5.57. The van der Waals surface area contributed by atoms with Gasteiger partial charge >= 0.3 is 5.97 Å². The van der Waals surface area contributed by atoms with Gasteiger partial charge in [-0.05, 0) is 30.3 Å². The molecule has 2 rings (SSSR count). The summed E-state index contributed by atoms with van der Waals surface area (Å²) in [6.07, 6.45) is 0. The maximum absolute atomic E-state index is 13.9. The number of halogens is 2. The number of rotatable bonds is 4. The van der Waals surface area contributed by atoms with Gasteiger partial charge in [0.15, 0.2) is 0 Å². The number of hydrogen-bond acceptors (Lipinski definition) is 4. The van der Waals surface area contributed by atoms with Crippen LogP contribution in [0, 0.1) is 11.6 Å². The Balaban J connectivity index is 2.57. The van der Waals surface area contributed by atoms with Gasteiger partial charge in [-0.25, -0.2) is 13.6 Å². The van der Waals surface area contributed by atoms with Crippen LogP contribution in [0.4, 0.5) is 8.78 Å². The zero-order valence-corrected chi connectivity index (χ0v) is 11.3. The van der Waals surface area contributed by atoms with Crippen LogP contribution in [0.2, 0.25) is 0 Å². The van der Waals surface area contributed by atoms with Gasteiger partial charge in [0.2, 0.25) is 5.78 Å². The fraction of sp³-hybridized carbons (Fsp3) is 0.0667. The highest BCUT2D eigenvalue weighted by atomic mass is 19.1. The molecule has 0 radical (unpaired) electrons. The molecule has 0 saturated heterocycles. The van der Waals surface area contributed by atoms with Gasteiger partial charge in [0.1, 0.15) is 23.1 Å². The second-order valence-electron chi connectivity index (χ2n) is 4.33. The third-order valence-electron chi connectivity index (χ3n) is 2.96. The second kappa shape index (κ2) is 5.80. The summed E-state index contributed by atoms with van der Waals surface area (Å²) >= 11 is 0. The van der Waals surface area contributed by atoms with Crippen LogP contribution in [0.1, 0.15) is 26.3 Å². The molecule has 0 spiro atoms. The highest BCUT2D eigenvalue weighted by Gasteiger charge is 2.24. The predicted molar refractivity (Wildman–Crippen MR) is 71.4 cm³/mol. The van der Waals surface area contributed by atoms with Crippen molar-refractivity contribution in [1.82, 2.24) is 0 Å². The SMILES string of the molecule is COc1ccc(O)c(C(=O)c2c(F)cc(C(=O)O)cc2F)c1. The number of carbonyl (C=O) groups is 2. The summed E-state index contributed by atoms with van der Waals surface area (Å²) in [5.41, 5.74) is -1.94. The Morgan fingerprint density at radius 3 is 2.18 bits per heavy atom. The lowest BCUT2D eigenvalue weighted by molar-refractivity contribution is 0.0695. The first-order valence-electron chi connectivity index (χ1n) is 5.99. The summed E-state index contributed by atoms with van der Waals surface area (Å²) in [7, 11) is 1.32. The Kier molecular flexibility index (Phi) is 4.07. The van der Waals surface area contributed by atoms with Crippen LogP contribution in [-0.2, 0) is 0 Å². The normalized spacial score (nSPS) is 10.3. The smallest absolute Gasteiger partial charge is 0.335 e. The van der Waals surface area contributed by atoms with Gasteiger partial charge in [-0.3, -0.25) is 4.79 Å². The molecule has 0 heterocycles. The van der Waals surface area contributed by atoms with Crippen LogP contribution < -0.4 is 4.74 Å². The minimum absolute atomic E-state index is 0.212. The van der Waals surface area contributed by atoms with Crippen molar-refractivity contribution >= 4 is 11.8 Å². The molecule has 0 aromatic heterocycles. The fourth-order valence-electron chi connectivity index (χ4n) is 1.87. The second-order valence-corrected chi connectivity index (χ2v) is 4.33. The van der Waals surface area contributed by atoms with E-state index in [1.54, 1.807) is 0 Å². The first-order valence-corrected chi connectivity index (χ1v) is 5.99. The molecule has 0 atom stereocenters. The summed E-state index contributed by atoms with van der Waals surface area (Å²) < 4.78 is 32.6. The van der Waals surface area contributed by atoms with Crippen LogP contribution in [0.5, 0.6) is 11.5 Å². The number of ether oxygens (including phenoxy) is 1. The molecule has 0 aliphatic heterocycles. The first-order chi connectivity index (χ1) is 10.3. The van der Waals surface area contributed by atoms with Crippen LogP contribution in [0.3, 0.4) is 0 Å². The highest BCUT2D eigenvalue weighted by molar-refractivity contribution is 6.11. The van der Waals surface area contributed by atoms with Crippen molar-refractivity contribution in [2.75, 3.05) is 7.11 Å². The van der Waals surface area contributed by atoms with Crippen LogP contribution in [0.25, 0.3) is 0 Å². The van der Waals surface area contributed by atoms with Gasteiger partial charge in [-0.1, -0.05) is 0 Å². The number of carbonyl (C=O) groups excluding carboxylic acids is 1. The standard InChI is InChI=1S/C15H10F2O5/c1-22-8-2-3-12(18)9(6-8)14(19)13-10(16)4-7(15(20)21)5-11(13)17/h2-6,18H,1H3,(H,20,21). The van der Waals surface area contributed by atoms with E-state index >= 15 is 0 Å². The average molecular weight is 308 g/mol. The summed E-state index contributed by atoms with van der Waals surface area (Å²) in [6.45, 7) is 0. The van der Waals surface area contributed by atoms with Crippen LogP contribution >= 0.6 is 0 Å². The van der Waals surface area contributed by atoms with Crippen molar-refractivity contribution in [3.05, 3.63) is 58.7 Å². The van der Waals surface area contributed by atoms with E-state index in [4.69, 9.17) is 9.84 Å². The number of hydrogen-bond donors (Lipinski definition) is 2. The molecule has 0 bridgehead atoms. The minimum Gasteiger partial charge on any atom is -0.507 e. The van der Waals surface area contributed by atoms with Gasteiger partial charge in [0, 0.05) is 0 Å². The van der Waals surface area contributed by atoms with E-state index in [2.05, 4.69) is 0 Å². The topological polar surface area (TPSA) is 83.8 Å². The van der Waals surface area contributed by atoms with Crippen molar-refractivity contribution in [2.45, 2.75) is 0 Å². The fourth-order valence-corrected chi connectivity index (χ4v) is 1.87. The lowest BCUT2D eigenvalue weighted by atomic mass is 9.99. The predicted octanol–water partition coefficient (Wildman–Crippen LogP) is 2.61. The Morgan fingerprint density at radius 2 is 1.68 bits per heavy atom. The Bertz CT molecular complexity index is 748. The molecule has 22 heavy (non-hydrogen) atoms. The highest BCUT2D eigenvalue weighted by Crippen LogP contribution is 2.27. The zero-order valence-electron chi connectivity index (χ0n) is 11.3. The van der Waals surface area contributed by atoms with Crippen molar-refractivity contribution in [3.8, 4) is 11.5 Å². The van der Waals surface area contributed by atoms with Gasteiger partial charge in [0.25, 0.3) is 0 Å². The minimum atomic E-state index is -1.53. The number of phenolic OH excluding ortho intramolecular Hbond substituents is 1. The molecule has 0 saturated carbocycles. The van der Waals surface area contributed by atoms with Gasteiger partial charge in [-0.2, -0.15) is 0 Å². The van der Waals surface area contributed by atoms with E-state index in [1.807, 2.05) is 0 Å². The van der Waals surface area contributed by atoms with E-state index in [0.717, 1.165) is 12.1 Å². The molecule has 0 amide bonds. The Labute approximate surface area is 123 Å². The van der Waals surface area contributed by atoms with Gasteiger partial charge in [0.05, 0.1) is 23.8 Å². The monoisotopic (exact) mass is 308 g/mol. The number of methoxy groups -OCH3 is 1. The molecule has 0 aliphatic carbocycles. The Morgan fingerprint density at radius 1 is 1.09 bits per heavy atom. The van der Waals surface area contributed by atoms with E-state index < -0.39 is 40.3 Å². The van der Waals surface area contributed by atoms with Crippen LogP contribution in [0.15, 0.2) is 30.3 Å². The molecular formula is C15H10F2O5.